The van der Waals surface area contributed by atoms with E-state index in [2.05, 4.69) is 74.7 Å². The fourth-order valence-corrected chi connectivity index (χ4v) is 10.1. The normalized spacial score (nSPS) is 14.0. The number of rotatable bonds is 59. The molecular formula is C67H126N2O7P+. The molecule has 0 bridgehead atoms. The van der Waals surface area contributed by atoms with Crippen LogP contribution in [0.2, 0.25) is 0 Å². The van der Waals surface area contributed by atoms with Gasteiger partial charge in [-0.05, 0) is 96.0 Å². The van der Waals surface area contributed by atoms with Crippen molar-refractivity contribution >= 4 is 19.7 Å². The van der Waals surface area contributed by atoms with Crippen molar-refractivity contribution in [2.24, 2.45) is 0 Å². The van der Waals surface area contributed by atoms with Gasteiger partial charge in [-0.3, -0.25) is 18.6 Å². The number of esters is 1. The maximum atomic E-state index is 13.6. The Bertz CT molecular complexity index is 1500. The Morgan fingerprint density at radius 1 is 0.455 bits per heavy atom. The van der Waals surface area contributed by atoms with Crippen molar-refractivity contribution in [1.82, 2.24) is 5.32 Å². The molecule has 0 spiro atoms. The molecule has 0 heterocycles. The van der Waals surface area contributed by atoms with Gasteiger partial charge in [-0.25, -0.2) is 4.57 Å². The molecule has 0 aromatic rings. The summed E-state index contributed by atoms with van der Waals surface area (Å²) in [6.45, 7) is 6.98. The van der Waals surface area contributed by atoms with Gasteiger partial charge in [0.2, 0.25) is 5.91 Å². The summed E-state index contributed by atoms with van der Waals surface area (Å²) in [6, 6.07) is -0.858. The minimum atomic E-state index is -4.45. The minimum Gasteiger partial charge on any atom is -0.456 e. The molecule has 0 radical (unpaired) electrons. The zero-order valence-electron chi connectivity index (χ0n) is 51.5. The number of carbonyl (C=O) groups excluding carboxylic acids is 2. The molecule has 0 aromatic carbocycles. The molecule has 77 heavy (non-hydrogen) atoms. The first kappa shape index (κ1) is 74.7. The fraction of sp³-hybridized carbons (Fsp3) is 0.821. The standard InChI is InChI=1S/C67H125N2O7P/c1-7-10-13-16-19-22-25-27-29-31-32-33-34-35-36-38-39-41-44-47-50-53-56-59-66(70)68-64(63-75-77(72,73)74-62-61-69(4,5)6)65(58-55-52-49-46-43-24-21-18-15-12-9-3)76-67(71)60-57-54-51-48-45-42-40-37-30-28-26-23-20-17-14-11-8-2/h20,23,27-30,40,42,55,58,64-65H,7-19,21-22,24-26,31-39,41,43-54,56-57,59-63H2,1-6H3,(H-,68,70,72,73)/p+1/b23-20-,29-27+,30-28-,42-40-,58-55-. The first-order chi connectivity index (χ1) is 37.4. The van der Waals surface area contributed by atoms with Gasteiger partial charge in [-0.2, -0.15) is 0 Å². The summed E-state index contributed by atoms with van der Waals surface area (Å²) in [5.74, 6) is -0.524. The molecule has 1 amide bonds. The molecule has 3 atom stereocenters. The molecule has 10 heteroatoms. The monoisotopic (exact) mass is 1100 g/mol. The van der Waals surface area contributed by atoms with Crippen LogP contribution < -0.4 is 5.32 Å². The Morgan fingerprint density at radius 2 is 0.792 bits per heavy atom. The number of allylic oxidation sites excluding steroid dienone is 9. The number of nitrogens with one attached hydrogen (secondary N) is 1. The number of nitrogens with zero attached hydrogens (tertiary/aromatic N) is 1. The quantitative estimate of drug-likeness (QED) is 0.0205. The summed E-state index contributed by atoms with van der Waals surface area (Å²) in [5.41, 5.74) is 0. The van der Waals surface area contributed by atoms with E-state index in [1.165, 1.54) is 186 Å². The maximum absolute atomic E-state index is 13.6. The molecule has 0 saturated carbocycles. The highest BCUT2D eigenvalue weighted by molar-refractivity contribution is 7.47. The van der Waals surface area contributed by atoms with Gasteiger partial charge < -0.3 is 19.4 Å². The summed E-state index contributed by atoms with van der Waals surface area (Å²) in [6.07, 6.45) is 72.2. The molecule has 0 aromatic heterocycles. The van der Waals surface area contributed by atoms with E-state index >= 15 is 0 Å². The van der Waals surface area contributed by atoms with E-state index in [-0.39, 0.29) is 31.5 Å². The van der Waals surface area contributed by atoms with Crippen LogP contribution in [0.15, 0.2) is 60.8 Å². The predicted molar refractivity (Wildman–Crippen MR) is 332 cm³/mol. The van der Waals surface area contributed by atoms with Crippen LogP contribution in [0.5, 0.6) is 0 Å². The van der Waals surface area contributed by atoms with Crippen molar-refractivity contribution in [3.8, 4) is 0 Å². The zero-order valence-corrected chi connectivity index (χ0v) is 52.3. The summed E-state index contributed by atoms with van der Waals surface area (Å²) >= 11 is 0. The molecule has 0 fully saturated rings. The lowest BCUT2D eigenvalue weighted by Crippen LogP contribution is -2.47. The third-order valence-corrected chi connectivity index (χ3v) is 15.4. The number of likely N-dealkylation sites (N-methyl/N-ethyl adjacent to an activating group) is 1. The molecule has 2 N–H and O–H groups in total. The summed E-state index contributed by atoms with van der Waals surface area (Å²) < 4.78 is 30.7. The molecule has 0 rings (SSSR count). The van der Waals surface area contributed by atoms with E-state index in [0.29, 0.717) is 23.9 Å². The van der Waals surface area contributed by atoms with Gasteiger partial charge in [-0.1, -0.05) is 255 Å². The third kappa shape index (κ3) is 58.2. The van der Waals surface area contributed by atoms with E-state index < -0.39 is 20.0 Å². The third-order valence-electron chi connectivity index (χ3n) is 14.4. The van der Waals surface area contributed by atoms with Crippen molar-refractivity contribution < 1.29 is 37.3 Å². The molecule has 3 unspecified atom stereocenters. The number of phosphoric ester groups is 1. The van der Waals surface area contributed by atoms with Gasteiger partial charge in [0.25, 0.3) is 0 Å². The van der Waals surface area contributed by atoms with Crippen molar-refractivity contribution in [2.45, 2.75) is 315 Å². The molecule has 0 aliphatic carbocycles. The predicted octanol–water partition coefficient (Wildman–Crippen LogP) is 20.2. The van der Waals surface area contributed by atoms with Crippen molar-refractivity contribution in [3.05, 3.63) is 60.8 Å². The highest BCUT2D eigenvalue weighted by Gasteiger charge is 2.30. The molecular weight excluding hydrogens is 976 g/mol. The van der Waals surface area contributed by atoms with Crippen molar-refractivity contribution in [3.63, 3.8) is 0 Å². The summed E-state index contributed by atoms with van der Waals surface area (Å²) in [4.78, 5) is 37.7. The van der Waals surface area contributed by atoms with Crippen LogP contribution in [0.25, 0.3) is 0 Å². The number of ether oxygens (including phenoxy) is 1. The molecule has 450 valence electrons. The van der Waals surface area contributed by atoms with E-state index in [9.17, 15) is 19.0 Å². The number of hydrogen-bond acceptors (Lipinski definition) is 6. The van der Waals surface area contributed by atoms with Crippen molar-refractivity contribution in [1.29, 1.82) is 0 Å². The lowest BCUT2D eigenvalue weighted by molar-refractivity contribution is -0.870. The van der Waals surface area contributed by atoms with Crippen LogP contribution in [-0.2, 0) is 27.9 Å². The molecule has 0 aliphatic heterocycles. The highest BCUT2D eigenvalue weighted by atomic mass is 31.2. The van der Waals surface area contributed by atoms with Crippen molar-refractivity contribution in [2.75, 3.05) is 40.9 Å². The smallest absolute Gasteiger partial charge is 0.456 e. The van der Waals surface area contributed by atoms with E-state index in [1.54, 1.807) is 0 Å². The number of unbranched alkanes of at least 4 members (excludes halogenated alkanes) is 35. The van der Waals surface area contributed by atoms with Gasteiger partial charge in [-0.15, -0.1) is 0 Å². The highest BCUT2D eigenvalue weighted by Crippen LogP contribution is 2.43. The second-order valence-electron chi connectivity index (χ2n) is 23.3. The van der Waals surface area contributed by atoms with Crippen LogP contribution in [0, 0.1) is 0 Å². The summed E-state index contributed by atoms with van der Waals surface area (Å²) in [5, 5.41) is 3.06. The topological polar surface area (TPSA) is 111 Å². The Balaban J connectivity index is 5.14. The fourth-order valence-electron chi connectivity index (χ4n) is 9.35. The number of quaternary nitrogens is 1. The van der Waals surface area contributed by atoms with Crippen LogP contribution in [0.4, 0.5) is 0 Å². The second kappa shape index (κ2) is 57.0. The van der Waals surface area contributed by atoms with Gasteiger partial charge in [0, 0.05) is 12.8 Å². The summed E-state index contributed by atoms with van der Waals surface area (Å²) in [7, 11) is 1.49. The zero-order chi connectivity index (χ0) is 56.4. The average molecular weight is 1100 g/mol. The molecule has 0 saturated heterocycles. The van der Waals surface area contributed by atoms with E-state index in [1.807, 2.05) is 33.3 Å². The maximum Gasteiger partial charge on any atom is 0.472 e. The van der Waals surface area contributed by atoms with Gasteiger partial charge in [0.15, 0.2) is 0 Å². The van der Waals surface area contributed by atoms with Gasteiger partial charge in [0.05, 0.1) is 33.8 Å². The molecule has 0 aliphatic rings. The Hall–Kier alpha value is -2.29. The number of phosphoric acid groups is 1. The second-order valence-corrected chi connectivity index (χ2v) is 24.7. The van der Waals surface area contributed by atoms with E-state index in [4.69, 9.17) is 13.8 Å². The van der Waals surface area contributed by atoms with Crippen LogP contribution in [0.3, 0.4) is 0 Å². The Morgan fingerprint density at radius 3 is 1.22 bits per heavy atom. The van der Waals surface area contributed by atoms with Gasteiger partial charge >= 0.3 is 13.8 Å². The van der Waals surface area contributed by atoms with Gasteiger partial charge in [0.1, 0.15) is 19.3 Å². The van der Waals surface area contributed by atoms with Crippen LogP contribution >= 0.6 is 7.82 Å². The number of hydrogen-bond donors (Lipinski definition) is 2. The molecule has 9 nitrogen and oxygen atoms in total. The first-order valence-corrected chi connectivity index (χ1v) is 34.1. The largest absolute Gasteiger partial charge is 0.472 e. The van der Waals surface area contributed by atoms with Crippen LogP contribution in [0.1, 0.15) is 303 Å². The lowest BCUT2D eigenvalue weighted by atomic mass is 10.0. The number of carbonyl (C=O) groups is 2. The first-order valence-electron chi connectivity index (χ1n) is 32.6. The van der Waals surface area contributed by atoms with E-state index in [0.717, 1.165) is 77.0 Å². The Kier molecular flexibility index (Phi) is 55.3. The SMILES string of the molecule is CCCCC/C=C\C/C=C\C/C=C\CCCCCCC(=O)OC(/C=C\CCCCCCCCCCC)C(COP(=O)(O)OCC[N+](C)(C)C)NC(=O)CCCCCCCCCCCCCCC/C=C/CCCCCCCC. The Labute approximate surface area is 477 Å². The minimum absolute atomic E-state index is 0.0359. The number of amides is 1. The van der Waals surface area contributed by atoms with Crippen LogP contribution in [-0.4, -0.2) is 74.3 Å². The average Bonchev–Trinajstić information content (AvgIpc) is 3.39. The lowest BCUT2D eigenvalue weighted by Gasteiger charge is -2.27.